The minimum atomic E-state index is 0.0423. The lowest BCUT2D eigenvalue weighted by atomic mass is 9.94. The van der Waals surface area contributed by atoms with Crippen molar-refractivity contribution in [2.75, 3.05) is 46.5 Å². The number of nitrogens with one attached hydrogen (secondary N) is 1. The highest BCUT2D eigenvalue weighted by molar-refractivity contribution is 5.76. The van der Waals surface area contributed by atoms with Gasteiger partial charge in [-0.15, -0.1) is 0 Å². The molecule has 2 aliphatic rings. The lowest BCUT2D eigenvalue weighted by Gasteiger charge is -2.29. The molecular formula is C13H24N2O3. The van der Waals surface area contributed by atoms with Crippen LogP contribution in [0.4, 0.5) is 0 Å². The third-order valence-corrected chi connectivity index (χ3v) is 3.71. The van der Waals surface area contributed by atoms with Crippen molar-refractivity contribution in [2.45, 2.75) is 25.4 Å². The van der Waals surface area contributed by atoms with Crippen LogP contribution in [0.5, 0.6) is 0 Å². The van der Waals surface area contributed by atoms with Gasteiger partial charge in [0.2, 0.25) is 5.91 Å². The highest BCUT2D eigenvalue weighted by Crippen LogP contribution is 2.17. The smallest absolute Gasteiger partial charge is 0.222 e. The van der Waals surface area contributed by atoms with Crippen molar-refractivity contribution in [1.29, 1.82) is 0 Å². The van der Waals surface area contributed by atoms with Crippen LogP contribution in [0.1, 0.15) is 19.3 Å². The number of rotatable bonds is 4. The van der Waals surface area contributed by atoms with Gasteiger partial charge in [0.05, 0.1) is 25.9 Å². The van der Waals surface area contributed by atoms with Crippen LogP contribution in [0.25, 0.3) is 0 Å². The second-order valence-electron chi connectivity index (χ2n) is 5.24. The standard InChI is InChI=1S/C13H24N2O3/c1-15(9-12-10-17-6-7-18-12)13(16)8-11-2-4-14-5-3-11/h11-12,14H,2-10H2,1H3. The van der Waals surface area contributed by atoms with Crippen LogP contribution in [0, 0.1) is 5.92 Å². The molecule has 2 aliphatic heterocycles. The van der Waals surface area contributed by atoms with Gasteiger partial charge in [0.25, 0.3) is 0 Å². The molecule has 0 aromatic rings. The number of ether oxygens (including phenoxy) is 2. The molecule has 0 radical (unpaired) electrons. The Bertz CT molecular complexity index is 261. The predicted molar refractivity (Wildman–Crippen MR) is 68.4 cm³/mol. The normalized spacial score (nSPS) is 25.9. The lowest BCUT2D eigenvalue weighted by molar-refractivity contribution is -0.137. The van der Waals surface area contributed by atoms with Crippen molar-refractivity contribution in [3.8, 4) is 0 Å². The van der Waals surface area contributed by atoms with Crippen molar-refractivity contribution < 1.29 is 14.3 Å². The van der Waals surface area contributed by atoms with Gasteiger partial charge in [-0.05, 0) is 31.8 Å². The molecule has 0 bridgehead atoms. The van der Waals surface area contributed by atoms with E-state index < -0.39 is 0 Å². The molecule has 1 amide bonds. The summed E-state index contributed by atoms with van der Waals surface area (Å²) < 4.78 is 10.9. The summed E-state index contributed by atoms with van der Waals surface area (Å²) in [5.41, 5.74) is 0. The number of piperidine rings is 1. The van der Waals surface area contributed by atoms with Gasteiger partial charge >= 0.3 is 0 Å². The molecule has 2 fully saturated rings. The second kappa shape index (κ2) is 7.07. The third kappa shape index (κ3) is 4.23. The van der Waals surface area contributed by atoms with E-state index in [-0.39, 0.29) is 12.0 Å². The van der Waals surface area contributed by atoms with E-state index in [9.17, 15) is 4.79 Å². The average molecular weight is 256 g/mol. The fourth-order valence-electron chi connectivity index (χ4n) is 2.54. The van der Waals surface area contributed by atoms with Gasteiger partial charge in [-0.1, -0.05) is 0 Å². The Hall–Kier alpha value is -0.650. The Morgan fingerprint density at radius 3 is 2.78 bits per heavy atom. The lowest BCUT2D eigenvalue weighted by Crippen LogP contribution is -2.41. The zero-order chi connectivity index (χ0) is 12.8. The molecule has 0 spiro atoms. The molecule has 5 heteroatoms. The van der Waals surface area contributed by atoms with Gasteiger partial charge in [0, 0.05) is 20.0 Å². The van der Waals surface area contributed by atoms with Crippen LogP contribution in [0.15, 0.2) is 0 Å². The van der Waals surface area contributed by atoms with Crippen molar-refractivity contribution in [3.63, 3.8) is 0 Å². The van der Waals surface area contributed by atoms with Gasteiger partial charge in [-0.25, -0.2) is 0 Å². The molecule has 0 aromatic heterocycles. The summed E-state index contributed by atoms with van der Waals surface area (Å²) in [6.07, 6.45) is 2.94. The molecule has 18 heavy (non-hydrogen) atoms. The topological polar surface area (TPSA) is 50.8 Å². The van der Waals surface area contributed by atoms with Gasteiger partial charge in [0.15, 0.2) is 0 Å². The maximum atomic E-state index is 12.1. The molecule has 0 saturated carbocycles. The monoisotopic (exact) mass is 256 g/mol. The fourth-order valence-corrected chi connectivity index (χ4v) is 2.54. The molecular weight excluding hydrogens is 232 g/mol. The Balaban J connectivity index is 1.69. The van der Waals surface area contributed by atoms with E-state index in [4.69, 9.17) is 9.47 Å². The van der Waals surface area contributed by atoms with Crippen LogP contribution in [-0.2, 0) is 14.3 Å². The van der Waals surface area contributed by atoms with Crippen LogP contribution in [0.3, 0.4) is 0 Å². The summed E-state index contributed by atoms with van der Waals surface area (Å²) in [5, 5.41) is 3.32. The predicted octanol–water partition coefficient (Wildman–Crippen LogP) is 0.250. The zero-order valence-electron chi connectivity index (χ0n) is 11.2. The number of likely N-dealkylation sites (N-methyl/N-ethyl adjacent to an activating group) is 1. The third-order valence-electron chi connectivity index (χ3n) is 3.71. The van der Waals surface area contributed by atoms with E-state index >= 15 is 0 Å². The first kappa shape index (κ1) is 13.8. The first-order chi connectivity index (χ1) is 8.75. The average Bonchev–Trinajstić information content (AvgIpc) is 2.41. The maximum Gasteiger partial charge on any atom is 0.222 e. The molecule has 5 nitrogen and oxygen atoms in total. The highest BCUT2D eigenvalue weighted by Gasteiger charge is 2.22. The van der Waals surface area contributed by atoms with Gasteiger partial charge in [-0.2, -0.15) is 0 Å². The first-order valence-corrected chi connectivity index (χ1v) is 6.89. The van der Waals surface area contributed by atoms with E-state index in [2.05, 4.69) is 5.32 Å². The van der Waals surface area contributed by atoms with Crippen molar-refractivity contribution in [3.05, 3.63) is 0 Å². The maximum absolute atomic E-state index is 12.1. The molecule has 2 saturated heterocycles. The minimum Gasteiger partial charge on any atom is -0.376 e. The highest BCUT2D eigenvalue weighted by atomic mass is 16.6. The zero-order valence-corrected chi connectivity index (χ0v) is 11.2. The molecule has 0 aromatic carbocycles. The van der Waals surface area contributed by atoms with Gasteiger partial charge < -0.3 is 19.7 Å². The number of hydrogen-bond acceptors (Lipinski definition) is 4. The molecule has 0 aliphatic carbocycles. The van der Waals surface area contributed by atoms with E-state index in [0.29, 0.717) is 38.7 Å². The number of amides is 1. The number of hydrogen-bond donors (Lipinski definition) is 1. The summed E-state index contributed by atoms with van der Waals surface area (Å²) in [6, 6.07) is 0. The van der Waals surface area contributed by atoms with Gasteiger partial charge in [0.1, 0.15) is 0 Å². The molecule has 1 N–H and O–H groups in total. The van der Waals surface area contributed by atoms with E-state index in [0.717, 1.165) is 25.9 Å². The Kier molecular flexibility index (Phi) is 5.41. The first-order valence-electron chi connectivity index (χ1n) is 6.89. The van der Waals surface area contributed by atoms with Crippen molar-refractivity contribution in [1.82, 2.24) is 10.2 Å². The largest absolute Gasteiger partial charge is 0.376 e. The van der Waals surface area contributed by atoms with Crippen molar-refractivity contribution in [2.24, 2.45) is 5.92 Å². The minimum absolute atomic E-state index is 0.0423. The Morgan fingerprint density at radius 1 is 1.33 bits per heavy atom. The SMILES string of the molecule is CN(CC1COCCO1)C(=O)CC1CCNCC1. The van der Waals surface area contributed by atoms with Crippen LogP contribution in [-0.4, -0.2) is 63.4 Å². The summed E-state index contributed by atoms with van der Waals surface area (Å²) in [5.74, 6) is 0.779. The van der Waals surface area contributed by atoms with Gasteiger partial charge in [-0.3, -0.25) is 4.79 Å². The van der Waals surface area contributed by atoms with Crippen molar-refractivity contribution >= 4 is 5.91 Å². The summed E-state index contributed by atoms with van der Waals surface area (Å²) in [6.45, 7) is 4.64. The second-order valence-corrected chi connectivity index (χ2v) is 5.24. The van der Waals surface area contributed by atoms with E-state index in [1.807, 2.05) is 7.05 Å². The molecule has 1 atom stereocenters. The molecule has 1 unspecified atom stereocenters. The molecule has 2 heterocycles. The van der Waals surface area contributed by atoms with Crippen LogP contribution < -0.4 is 5.32 Å². The van der Waals surface area contributed by atoms with E-state index in [1.165, 1.54) is 0 Å². The molecule has 2 rings (SSSR count). The quantitative estimate of drug-likeness (QED) is 0.783. The Labute approximate surface area is 109 Å². The Morgan fingerprint density at radius 2 is 2.11 bits per heavy atom. The fraction of sp³-hybridized carbons (Fsp3) is 0.923. The summed E-state index contributed by atoms with van der Waals surface area (Å²) >= 11 is 0. The number of carbonyl (C=O) groups is 1. The van der Waals surface area contributed by atoms with Crippen LogP contribution >= 0.6 is 0 Å². The number of nitrogens with zero attached hydrogens (tertiary/aromatic N) is 1. The van der Waals surface area contributed by atoms with E-state index in [1.54, 1.807) is 4.90 Å². The number of carbonyl (C=O) groups excluding carboxylic acids is 1. The summed E-state index contributed by atoms with van der Waals surface area (Å²) in [7, 11) is 1.86. The van der Waals surface area contributed by atoms with Crippen LogP contribution in [0.2, 0.25) is 0 Å². The molecule has 104 valence electrons. The summed E-state index contributed by atoms with van der Waals surface area (Å²) in [4.78, 5) is 13.9.